The van der Waals surface area contributed by atoms with Crippen LogP contribution in [0.3, 0.4) is 0 Å². The van der Waals surface area contributed by atoms with Crippen LogP contribution in [0.1, 0.15) is 36.0 Å². The third-order valence-electron chi connectivity index (χ3n) is 2.98. The summed E-state index contributed by atoms with van der Waals surface area (Å²) in [6.45, 7) is 4.27. The number of rotatable bonds is 1. The van der Waals surface area contributed by atoms with Gasteiger partial charge in [0.25, 0.3) is 0 Å². The van der Waals surface area contributed by atoms with Gasteiger partial charge < -0.3 is 5.11 Å². The summed E-state index contributed by atoms with van der Waals surface area (Å²) in [7, 11) is 0. The van der Waals surface area contributed by atoms with E-state index in [9.17, 15) is 5.11 Å². The maximum Gasteiger partial charge on any atom is 0.0578 e. The van der Waals surface area contributed by atoms with Crippen LogP contribution in [0, 0.1) is 13.8 Å². The van der Waals surface area contributed by atoms with E-state index in [2.05, 4.69) is 38.1 Å². The molecule has 2 rings (SSSR count). The molecule has 0 aromatic heterocycles. The molecule has 1 heteroatoms. The van der Waals surface area contributed by atoms with E-state index in [1.165, 1.54) is 22.3 Å². The van der Waals surface area contributed by atoms with Gasteiger partial charge in [0.2, 0.25) is 0 Å². The molecule has 0 saturated carbocycles. The van der Waals surface area contributed by atoms with Gasteiger partial charge in [-0.1, -0.05) is 35.4 Å². The highest BCUT2D eigenvalue weighted by molar-refractivity contribution is 5.67. The first-order chi connectivity index (χ1) is 7.15. The van der Waals surface area contributed by atoms with Crippen molar-refractivity contribution in [1.29, 1.82) is 0 Å². The van der Waals surface area contributed by atoms with Crippen molar-refractivity contribution >= 4 is 5.57 Å². The maximum atomic E-state index is 9.44. The zero-order valence-corrected chi connectivity index (χ0v) is 9.46. The van der Waals surface area contributed by atoms with Crippen LogP contribution in [0.2, 0.25) is 0 Å². The Bertz CT molecular complexity index is 370. The van der Waals surface area contributed by atoms with Crippen LogP contribution in [-0.2, 0) is 0 Å². The SMILES string of the molecule is Cc1cc(C)cc(C2=CCC(O)CC2)c1. The van der Waals surface area contributed by atoms with Gasteiger partial charge in [-0.15, -0.1) is 0 Å². The molecule has 0 spiro atoms. The molecule has 0 fully saturated rings. The number of aliphatic hydroxyl groups excluding tert-OH is 1. The van der Waals surface area contributed by atoms with Crippen LogP contribution in [-0.4, -0.2) is 11.2 Å². The van der Waals surface area contributed by atoms with E-state index in [0.717, 1.165) is 19.3 Å². The molecule has 0 radical (unpaired) electrons. The van der Waals surface area contributed by atoms with Gasteiger partial charge in [0, 0.05) is 0 Å². The Morgan fingerprint density at radius 3 is 2.33 bits per heavy atom. The summed E-state index contributed by atoms with van der Waals surface area (Å²) in [5.74, 6) is 0. The lowest BCUT2D eigenvalue weighted by atomic mass is 9.90. The minimum absolute atomic E-state index is 0.125. The fourth-order valence-electron chi connectivity index (χ4n) is 2.24. The minimum Gasteiger partial charge on any atom is -0.393 e. The van der Waals surface area contributed by atoms with Gasteiger partial charge in [-0.3, -0.25) is 0 Å². The summed E-state index contributed by atoms with van der Waals surface area (Å²) in [4.78, 5) is 0. The van der Waals surface area contributed by atoms with Crippen LogP contribution in [0.25, 0.3) is 5.57 Å². The van der Waals surface area contributed by atoms with E-state index in [1.54, 1.807) is 0 Å². The number of aryl methyl sites for hydroxylation is 2. The van der Waals surface area contributed by atoms with Gasteiger partial charge >= 0.3 is 0 Å². The standard InChI is InChI=1S/C14H18O/c1-10-7-11(2)9-13(8-10)12-3-5-14(15)6-4-12/h3,7-9,14-15H,4-6H2,1-2H3. The van der Waals surface area contributed by atoms with E-state index < -0.39 is 0 Å². The molecule has 1 nitrogen and oxygen atoms in total. The number of aliphatic hydroxyl groups is 1. The fourth-order valence-corrected chi connectivity index (χ4v) is 2.24. The van der Waals surface area contributed by atoms with Crippen molar-refractivity contribution < 1.29 is 5.11 Å². The van der Waals surface area contributed by atoms with Crippen LogP contribution in [0.4, 0.5) is 0 Å². The number of hydrogen-bond acceptors (Lipinski definition) is 1. The van der Waals surface area contributed by atoms with E-state index in [1.807, 2.05) is 0 Å². The Hall–Kier alpha value is -1.08. The lowest BCUT2D eigenvalue weighted by Gasteiger charge is -2.18. The second kappa shape index (κ2) is 4.19. The normalized spacial score (nSPS) is 21.3. The largest absolute Gasteiger partial charge is 0.393 e. The summed E-state index contributed by atoms with van der Waals surface area (Å²) < 4.78 is 0. The molecule has 1 atom stereocenters. The lowest BCUT2D eigenvalue weighted by Crippen LogP contribution is -2.09. The molecular formula is C14H18O. The van der Waals surface area contributed by atoms with Crippen LogP contribution < -0.4 is 0 Å². The van der Waals surface area contributed by atoms with Crippen molar-refractivity contribution in [3.05, 3.63) is 41.0 Å². The van der Waals surface area contributed by atoms with E-state index in [0.29, 0.717) is 0 Å². The van der Waals surface area contributed by atoms with Crippen molar-refractivity contribution in [2.24, 2.45) is 0 Å². The van der Waals surface area contributed by atoms with Crippen molar-refractivity contribution in [3.8, 4) is 0 Å². The Morgan fingerprint density at radius 2 is 1.80 bits per heavy atom. The molecule has 0 amide bonds. The van der Waals surface area contributed by atoms with Crippen molar-refractivity contribution in [2.45, 2.75) is 39.2 Å². The van der Waals surface area contributed by atoms with Crippen LogP contribution in [0.5, 0.6) is 0 Å². The monoisotopic (exact) mass is 202 g/mol. The first-order valence-corrected chi connectivity index (χ1v) is 5.61. The molecular weight excluding hydrogens is 184 g/mol. The first-order valence-electron chi connectivity index (χ1n) is 5.61. The highest BCUT2D eigenvalue weighted by Crippen LogP contribution is 2.28. The highest BCUT2D eigenvalue weighted by Gasteiger charge is 2.12. The quantitative estimate of drug-likeness (QED) is 0.741. The second-order valence-corrected chi connectivity index (χ2v) is 4.53. The zero-order valence-electron chi connectivity index (χ0n) is 9.46. The molecule has 15 heavy (non-hydrogen) atoms. The molecule has 1 aliphatic carbocycles. The summed E-state index contributed by atoms with van der Waals surface area (Å²) in [5.41, 5.74) is 5.36. The molecule has 0 bridgehead atoms. The highest BCUT2D eigenvalue weighted by atomic mass is 16.3. The minimum atomic E-state index is -0.125. The molecule has 0 aliphatic heterocycles. The van der Waals surface area contributed by atoms with Gasteiger partial charge in [-0.2, -0.15) is 0 Å². The molecule has 0 heterocycles. The van der Waals surface area contributed by atoms with Crippen molar-refractivity contribution in [2.75, 3.05) is 0 Å². The molecule has 1 aromatic rings. The second-order valence-electron chi connectivity index (χ2n) is 4.53. The van der Waals surface area contributed by atoms with Crippen LogP contribution in [0.15, 0.2) is 24.3 Å². The summed E-state index contributed by atoms with van der Waals surface area (Å²) in [6, 6.07) is 6.66. The van der Waals surface area contributed by atoms with E-state index in [-0.39, 0.29) is 6.10 Å². The zero-order chi connectivity index (χ0) is 10.8. The Labute approximate surface area is 91.4 Å². The van der Waals surface area contributed by atoms with E-state index in [4.69, 9.17) is 0 Å². The third kappa shape index (κ3) is 2.48. The number of hydrogen-bond donors (Lipinski definition) is 1. The molecule has 80 valence electrons. The number of allylic oxidation sites excluding steroid dienone is 1. The predicted octanol–water partition coefficient (Wildman–Crippen LogP) is 3.23. The Kier molecular flexibility index (Phi) is 2.92. The van der Waals surface area contributed by atoms with Crippen molar-refractivity contribution in [3.63, 3.8) is 0 Å². The predicted molar refractivity (Wildman–Crippen MR) is 63.8 cm³/mol. The summed E-state index contributed by atoms with van der Waals surface area (Å²) in [5, 5.41) is 9.44. The Balaban J connectivity index is 2.29. The topological polar surface area (TPSA) is 20.2 Å². The molecule has 1 unspecified atom stereocenters. The maximum absolute atomic E-state index is 9.44. The molecule has 1 aliphatic rings. The lowest BCUT2D eigenvalue weighted by molar-refractivity contribution is 0.166. The average molecular weight is 202 g/mol. The van der Waals surface area contributed by atoms with Gasteiger partial charge in [-0.05, 0) is 44.2 Å². The summed E-state index contributed by atoms with van der Waals surface area (Å²) in [6.07, 6.45) is 4.77. The van der Waals surface area contributed by atoms with Crippen LogP contribution >= 0.6 is 0 Å². The van der Waals surface area contributed by atoms with Gasteiger partial charge in [0.15, 0.2) is 0 Å². The molecule has 1 N–H and O–H groups in total. The van der Waals surface area contributed by atoms with E-state index >= 15 is 0 Å². The number of benzene rings is 1. The van der Waals surface area contributed by atoms with Gasteiger partial charge in [0.05, 0.1) is 6.10 Å². The summed E-state index contributed by atoms with van der Waals surface area (Å²) >= 11 is 0. The molecule has 0 saturated heterocycles. The first kappa shape index (κ1) is 10.4. The molecule has 1 aromatic carbocycles. The van der Waals surface area contributed by atoms with Crippen molar-refractivity contribution in [1.82, 2.24) is 0 Å². The third-order valence-corrected chi connectivity index (χ3v) is 2.98. The average Bonchev–Trinajstić information content (AvgIpc) is 2.17. The van der Waals surface area contributed by atoms with Gasteiger partial charge in [0.1, 0.15) is 0 Å². The fraction of sp³-hybridized carbons (Fsp3) is 0.429. The van der Waals surface area contributed by atoms with Gasteiger partial charge in [-0.25, -0.2) is 0 Å². The smallest absolute Gasteiger partial charge is 0.0578 e. The Morgan fingerprint density at radius 1 is 1.13 bits per heavy atom.